The van der Waals surface area contributed by atoms with Crippen molar-refractivity contribution in [2.45, 2.75) is 70.2 Å². The van der Waals surface area contributed by atoms with Crippen LogP contribution in [-0.4, -0.2) is 41.3 Å². The monoisotopic (exact) mass is 488 g/mol. The molecule has 2 aliphatic rings. The Morgan fingerprint density at radius 3 is 2.37 bits per heavy atom. The number of ether oxygens (including phenoxy) is 1. The second-order valence-corrected chi connectivity index (χ2v) is 9.74. The van der Waals surface area contributed by atoms with Gasteiger partial charge in [0.05, 0.1) is 17.9 Å². The zero-order valence-corrected chi connectivity index (χ0v) is 19.9. The lowest BCUT2D eigenvalue weighted by Gasteiger charge is -2.36. The molecule has 1 saturated heterocycles. The molecule has 35 heavy (non-hydrogen) atoms. The van der Waals surface area contributed by atoms with Gasteiger partial charge in [0.2, 0.25) is 0 Å². The number of fused-ring (bicyclic) bond motifs is 1. The first-order valence-corrected chi connectivity index (χ1v) is 12.4. The van der Waals surface area contributed by atoms with Crippen molar-refractivity contribution in [2.24, 2.45) is 11.8 Å². The van der Waals surface area contributed by atoms with E-state index >= 15 is 0 Å². The molecular weight excluding hydrogens is 457 g/mol. The first-order chi connectivity index (χ1) is 16.7. The van der Waals surface area contributed by atoms with Gasteiger partial charge in [-0.05, 0) is 81.1 Å². The molecule has 2 aromatic carbocycles. The summed E-state index contributed by atoms with van der Waals surface area (Å²) in [7, 11) is 0. The van der Waals surface area contributed by atoms with Crippen molar-refractivity contribution in [3.8, 4) is 11.8 Å². The van der Waals surface area contributed by atoms with E-state index in [4.69, 9.17) is 4.74 Å². The summed E-state index contributed by atoms with van der Waals surface area (Å²) in [6.45, 7) is 3.52. The summed E-state index contributed by atoms with van der Waals surface area (Å²) in [5.74, 6) is -1.88. The molecule has 1 heterocycles. The van der Waals surface area contributed by atoms with Crippen LogP contribution in [0.3, 0.4) is 0 Å². The molecule has 2 fully saturated rings. The number of aliphatic carboxylic acids is 1. The van der Waals surface area contributed by atoms with Gasteiger partial charge in [-0.1, -0.05) is 25.1 Å². The Balaban J connectivity index is 1.54. The summed E-state index contributed by atoms with van der Waals surface area (Å²) in [6.07, 6.45) is -1.68. The van der Waals surface area contributed by atoms with Crippen LogP contribution in [0.5, 0.6) is 5.75 Å². The number of nitriles is 1. The van der Waals surface area contributed by atoms with Crippen LogP contribution in [0.1, 0.15) is 69.0 Å². The molecule has 0 spiro atoms. The third-order valence-electron chi connectivity index (χ3n) is 7.64. The maximum atomic E-state index is 13.0. The molecule has 1 aliphatic heterocycles. The lowest BCUT2D eigenvalue weighted by atomic mass is 9.87. The number of hydrogen-bond donors (Lipinski definition) is 1. The Morgan fingerprint density at radius 2 is 1.80 bits per heavy atom. The van der Waals surface area contributed by atoms with E-state index < -0.39 is 18.1 Å². The summed E-state index contributed by atoms with van der Waals surface area (Å²) < 4.78 is 45.1. The van der Waals surface area contributed by atoms with E-state index in [1.807, 2.05) is 18.2 Å². The van der Waals surface area contributed by atoms with Gasteiger partial charge < -0.3 is 9.84 Å². The van der Waals surface area contributed by atoms with Crippen LogP contribution >= 0.6 is 0 Å². The number of piperidine rings is 1. The highest BCUT2D eigenvalue weighted by molar-refractivity contribution is 5.90. The Kier molecular flexibility index (Phi) is 7.56. The topological polar surface area (TPSA) is 73.6 Å². The molecular formula is C27H31F3N2O3. The Hall–Kier alpha value is -2.79. The van der Waals surface area contributed by atoms with E-state index in [0.29, 0.717) is 50.1 Å². The number of likely N-dealkylation sites (tertiary alicyclic amines) is 1. The first-order valence-electron chi connectivity index (χ1n) is 12.4. The van der Waals surface area contributed by atoms with Gasteiger partial charge in [-0.25, -0.2) is 0 Å². The Morgan fingerprint density at radius 1 is 1.14 bits per heavy atom. The molecule has 0 bridgehead atoms. The summed E-state index contributed by atoms with van der Waals surface area (Å²) in [6, 6.07) is 12.0. The molecule has 1 saturated carbocycles. The maximum absolute atomic E-state index is 13.0. The fourth-order valence-electron chi connectivity index (χ4n) is 5.59. The van der Waals surface area contributed by atoms with Crippen molar-refractivity contribution in [2.75, 3.05) is 13.1 Å². The van der Waals surface area contributed by atoms with Crippen molar-refractivity contribution in [1.29, 1.82) is 5.26 Å². The minimum absolute atomic E-state index is 0.0462. The maximum Gasteiger partial charge on any atom is 0.391 e. The molecule has 5 nitrogen and oxygen atoms in total. The number of carboxylic acid groups (broad SMARTS) is 1. The van der Waals surface area contributed by atoms with Crippen LogP contribution in [0.25, 0.3) is 10.8 Å². The Bertz CT molecular complexity index is 1100. The van der Waals surface area contributed by atoms with Crippen LogP contribution in [0.2, 0.25) is 0 Å². The molecule has 0 radical (unpaired) electrons. The van der Waals surface area contributed by atoms with Crippen molar-refractivity contribution < 1.29 is 27.8 Å². The van der Waals surface area contributed by atoms with Gasteiger partial charge in [0.15, 0.2) is 0 Å². The average Bonchev–Trinajstić information content (AvgIpc) is 2.84. The number of rotatable bonds is 6. The van der Waals surface area contributed by atoms with Crippen molar-refractivity contribution >= 4 is 16.7 Å². The third kappa shape index (κ3) is 5.56. The molecule has 8 heteroatoms. The zero-order chi connectivity index (χ0) is 25.2. The quantitative estimate of drug-likeness (QED) is 0.505. The van der Waals surface area contributed by atoms with E-state index in [2.05, 4.69) is 24.0 Å². The predicted octanol–water partition coefficient (Wildman–Crippen LogP) is 6.46. The second kappa shape index (κ2) is 10.4. The summed E-state index contributed by atoms with van der Waals surface area (Å²) >= 11 is 0. The molecule has 1 N–H and O–H groups in total. The van der Waals surface area contributed by atoms with Gasteiger partial charge in [-0.2, -0.15) is 18.4 Å². The van der Waals surface area contributed by atoms with Gasteiger partial charge >= 0.3 is 12.1 Å². The lowest BCUT2D eigenvalue weighted by Crippen LogP contribution is -2.38. The second-order valence-electron chi connectivity index (χ2n) is 9.74. The average molecular weight is 489 g/mol. The van der Waals surface area contributed by atoms with Crippen LogP contribution in [0.4, 0.5) is 13.2 Å². The normalized spacial score (nSPS) is 23.1. The number of carboxylic acids is 1. The fourth-order valence-corrected chi connectivity index (χ4v) is 5.59. The third-order valence-corrected chi connectivity index (χ3v) is 7.64. The number of hydrogen-bond acceptors (Lipinski definition) is 4. The molecule has 0 aromatic heterocycles. The Labute approximate surface area is 203 Å². The van der Waals surface area contributed by atoms with E-state index in [9.17, 15) is 28.3 Å². The largest absolute Gasteiger partial charge is 0.489 e. The van der Waals surface area contributed by atoms with Crippen molar-refractivity contribution in [3.63, 3.8) is 0 Å². The van der Waals surface area contributed by atoms with Crippen LogP contribution in [0, 0.1) is 23.2 Å². The van der Waals surface area contributed by atoms with Crippen LogP contribution < -0.4 is 4.74 Å². The molecule has 1 atom stereocenters. The first kappa shape index (κ1) is 25.3. The molecule has 188 valence electrons. The predicted molar refractivity (Wildman–Crippen MR) is 126 cm³/mol. The fraction of sp³-hybridized carbons (Fsp3) is 0.556. The molecule has 4 rings (SSSR count). The van der Waals surface area contributed by atoms with Gasteiger partial charge in [0, 0.05) is 11.4 Å². The van der Waals surface area contributed by atoms with Gasteiger partial charge in [-0.3, -0.25) is 9.69 Å². The summed E-state index contributed by atoms with van der Waals surface area (Å²) in [5, 5.41) is 20.9. The van der Waals surface area contributed by atoms with Crippen LogP contribution in [0.15, 0.2) is 30.3 Å². The van der Waals surface area contributed by atoms with Gasteiger partial charge in [0.25, 0.3) is 0 Å². The molecule has 0 amide bonds. The summed E-state index contributed by atoms with van der Waals surface area (Å²) in [4.78, 5) is 13.6. The van der Waals surface area contributed by atoms with E-state index in [1.165, 1.54) is 0 Å². The van der Waals surface area contributed by atoms with Crippen molar-refractivity contribution in [3.05, 3.63) is 41.5 Å². The summed E-state index contributed by atoms with van der Waals surface area (Å²) in [5.41, 5.74) is 1.47. The molecule has 1 aliphatic carbocycles. The van der Waals surface area contributed by atoms with E-state index in [-0.39, 0.29) is 30.9 Å². The standard InChI is InChI=1S/C27H31F3N2O3/c1-2-24(32-13-11-18(12-14-32)26(33)34)19-4-3-17-5-10-25(23(16-31)22(17)15-19)35-21-8-6-20(7-9-21)27(28,29)30/h3-5,10,15,18,20-21,24H,2,6-9,11-14H2,1H3,(H,33,34). The SMILES string of the molecule is CCC(c1ccc2ccc(OC3CCC(C(F)(F)F)CC3)c(C#N)c2c1)N1CCC(C(=O)O)CC1. The highest BCUT2D eigenvalue weighted by atomic mass is 19.4. The molecule has 2 aromatic rings. The van der Waals surface area contributed by atoms with Crippen LogP contribution in [-0.2, 0) is 4.79 Å². The smallest absolute Gasteiger partial charge is 0.391 e. The number of halogens is 3. The highest BCUT2D eigenvalue weighted by Crippen LogP contribution is 2.40. The number of alkyl halides is 3. The number of benzene rings is 2. The number of carbonyl (C=O) groups is 1. The van der Waals surface area contributed by atoms with Crippen molar-refractivity contribution in [1.82, 2.24) is 4.90 Å². The highest BCUT2D eigenvalue weighted by Gasteiger charge is 2.42. The minimum atomic E-state index is -4.17. The zero-order valence-electron chi connectivity index (χ0n) is 19.9. The lowest BCUT2D eigenvalue weighted by molar-refractivity contribution is -0.185. The van der Waals surface area contributed by atoms with Gasteiger partial charge in [-0.15, -0.1) is 0 Å². The molecule has 1 unspecified atom stereocenters. The minimum Gasteiger partial charge on any atom is -0.489 e. The van der Waals surface area contributed by atoms with E-state index in [1.54, 1.807) is 6.07 Å². The van der Waals surface area contributed by atoms with E-state index in [0.717, 1.165) is 22.8 Å². The number of nitrogens with zero attached hydrogens (tertiary/aromatic N) is 2. The van der Waals surface area contributed by atoms with Gasteiger partial charge in [0.1, 0.15) is 17.4 Å².